The molecule has 2 nitrogen and oxygen atoms in total. The lowest BCUT2D eigenvalue weighted by Gasteiger charge is -2.09. The van der Waals surface area contributed by atoms with Crippen LogP contribution in [0.5, 0.6) is 0 Å². The first-order chi connectivity index (χ1) is 5.16. The predicted octanol–water partition coefficient (Wildman–Crippen LogP) is 0.740. The summed E-state index contributed by atoms with van der Waals surface area (Å²) in [6, 6.07) is 0. The molecule has 0 heterocycles. The standard InChI is InChI=1S/C8H14N2S/c1-4-5-9-8(11)10-6-7(2)3/h1,7H,5-6H2,2-3H3,(H2,9,10,11). The van der Waals surface area contributed by atoms with E-state index in [1.54, 1.807) is 0 Å². The van der Waals surface area contributed by atoms with Crippen molar-refractivity contribution in [3.05, 3.63) is 0 Å². The van der Waals surface area contributed by atoms with Crippen LogP contribution in [0.15, 0.2) is 0 Å². The van der Waals surface area contributed by atoms with Gasteiger partial charge in [0.25, 0.3) is 0 Å². The minimum Gasteiger partial charge on any atom is -0.362 e. The molecule has 0 fully saturated rings. The summed E-state index contributed by atoms with van der Waals surface area (Å²) in [5.41, 5.74) is 0. The van der Waals surface area contributed by atoms with Crippen LogP contribution in [0, 0.1) is 18.3 Å². The zero-order valence-electron chi connectivity index (χ0n) is 6.98. The average Bonchev–Trinajstić information content (AvgIpc) is 1.97. The second-order valence-electron chi connectivity index (χ2n) is 2.66. The van der Waals surface area contributed by atoms with Gasteiger partial charge >= 0.3 is 0 Å². The lowest BCUT2D eigenvalue weighted by Crippen LogP contribution is -2.37. The van der Waals surface area contributed by atoms with Crippen molar-refractivity contribution in [1.82, 2.24) is 10.6 Å². The van der Waals surface area contributed by atoms with Crippen molar-refractivity contribution in [3.8, 4) is 12.3 Å². The Morgan fingerprint density at radius 2 is 2.18 bits per heavy atom. The molecule has 62 valence electrons. The van der Waals surface area contributed by atoms with Gasteiger partial charge in [0.05, 0.1) is 6.54 Å². The normalized spacial score (nSPS) is 8.91. The number of hydrogen-bond acceptors (Lipinski definition) is 1. The lowest BCUT2D eigenvalue weighted by molar-refractivity contribution is 0.621. The van der Waals surface area contributed by atoms with Crippen molar-refractivity contribution in [1.29, 1.82) is 0 Å². The fraction of sp³-hybridized carbons (Fsp3) is 0.625. The average molecular weight is 170 g/mol. The van der Waals surface area contributed by atoms with E-state index in [9.17, 15) is 0 Å². The number of rotatable bonds is 3. The third kappa shape index (κ3) is 7.14. The molecule has 0 saturated carbocycles. The Hall–Kier alpha value is -0.750. The van der Waals surface area contributed by atoms with E-state index in [2.05, 4.69) is 30.4 Å². The first-order valence-electron chi connectivity index (χ1n) is 3.62. The summed E-state index contributed by atoms with van der Waals surface area (Å²) in [7, 11) is 0. The molecule has 0 amide bonds. The minimum absolute atomic E-state index is 0.490. The maximum absolute atomic E-state index is 5.03. The van der Waals surface area contributed by atoms with Gasteiger partial charge in [0.15, 0.2) is 5.11 Å². The maximum atomic E-state index is 5.03. The molecule has 0 aromatic heterocycles. The molecule has 0 aromatic carbocycles. The van der Waals surface area contributed by atoms with Gasteiger partial charge in [0.2, 0.25) is 0 Å². The van der Waals surface area contributed by atoms with Crippen LogP contribution in [-0.4, -0.2) is 18.2 Å². The molecule has 0 rings (SSSR count). The SMILES string of the molecule is C#CCNC(=S)NCC(C)C. The largest absolute Gasteiger partial charge is 0.362 e. The third-order valence-electron chi connectivity index (χ3n) is 1.02. The molecule has 0 bridgehead atoms. The van der Waals surface area contributed by atoms with Crippen LogP contribution >= 0.6 is 12.2 Å². The van der Waals surface area contributed by atoms with Crippen LogP contribution in [0.1, 0.15) is 13.8 Å². The van der Waals surface area contributed by atoms with E-state index in [0.29, 0.717) is 17.6 Å². The van der Waals surface area contributed by atoms with Gasteiger partial charge < -0.3 is 10.6 Å². The zero-order valence-corrected chi connectivity index (χ0v) is 7.79. The Balaban J connectivity index is 3.32. The highest BCUT2D eigenvalue weighted by molar-refractivity contribution is 7.80. The van der Waals surface area contributed by atoms with E-state index in [0.717, 1.165) is 6.54 Å². The molecule has 0 saturated heterocycles. The Morgan fingerprint density at radius 3 is 2.64 bits per heavy atom. The molecule has 2 N–H and O–H groups in total. The minimum atomic E-state index is 0.490. The van der Waals surface area contributed by atoms with Crippen LogP contribution < -0.4 is 10.6 Å². The summed E-state index contributed by atoms with van der Waals surface area (Å²) in [4.78, 5) is 0. The summed E-state index contributed by atoms with van der Waals surface area (Å²) >= 11 is 4.92. The highest BCUT2D eigenvalue weighted by Crippen LogP contribution is 1.86. The van der Waals surface area contributed by atoms with Gasteiger partial charge in [0.1, 0.15) is 0 Å². The van der Waals surface area contributed by atoms with Crippen LogP contribution in [0.4, 0.5) is 0 Å². The van der Waals surface area contributed by atoms with E-state index < -0.39 is 0 Å². The van der Waals surface area contributed by atoms with E-state index in [4.69, 9.17) is 18.6 Å². The number of thiocarbonyl (C=S) groups is 1. The van der Waals surface area contributed by atoms with Gasteiger partial charge in [-0.25, -0.2) is 0 Å². The molecule has 0 atom stereocenters. The molecule has 0 aliphatic heterocycles. The van der Waals surface area contributed by atoms with Crippen molar-refractivity contribution in [2.24, 2.45) is 5.92 Å². The van der Waals surface area contributed by atoms with Crippen molar-refractivity contribution >= 4 is 17.3 Å². The smallest absolute Gasteiger partial charge is 0.167 e. The van der Waals surface area contributed by atoms with Gasteiger partial charge in [-0.2, -0.15) is 0 Å². The molecule has 0 aromatic rings. The van der Waals surface area contributed by atoms with E-state index >= 15 is 0 Å². The summed E-state index contributed by atoms with van der Waals surface area (Å²) in [6.45, 7) is 5.62. The van der Waals surface area contributed by atoms with E-state index in [1.165, 1.54) is 0 Å². The van der Waals surface area contributed by atoms with Gasteiger partial charge in [-0.15, -0.1) is 6.42 Å². The van der Waals surface area contributed by atoms with Crippen molar-refractivity contribution < 1.29 is 0 Å². The summed E-state index contributed by atoms with van der Waals surface area (Å²) in [6.07, 6.45) is 5.03. The van der Waals surface area contributed by atoms with Gasteiger partial charge in [-0.05, 0) is 18.1 Å². The van der Waals surface area contributed by atoms with Crippen molar-refractivity contribution in [2.75, 3.05) is 13.1 Å². The molecular weight excluding hydrogens is 156 g/mol. The molecule has 0 radical (unpaired) electrons. The predicted molar refractivity (Wildman–Crippen MR) is 52.3 cm³/mol. The van der Waals surface area contributed by atoms with Crippen molar-refractivity contribution in [3.63, 3.8) is 0 Å². The monoisotopic (exact) mass is 170 g/mol. The number of terminal acetylenes is 1. The van der Waals surface area contributed by atoms with E-state index in [1.807, 2.05) is 0 Å². The second kappa shape index (κ2) is 5.99. The van der Waals surface area contributed by atoms with Crippen LogP contribution in [0.25, 0.3) is 0 Å². The molecular formula is C8H14N2S. The fourth-order valence-electron chi connectivity index (χ4n) is 0.491. The zero-order chi connectivity index (χ0) is 8.69. The van der Waals surface area contributed by atoms with Gasteiger partial charge in [-0.3, -0.25) is 0 Å². The quantitative estimate of drug-likeness (QED) is 0.482. The molecule has 3 heteroatoms. The van der Waals surface area contributed by atoms with Crippen LogP contribution in [-0.2, 0) is 0 Å². The van der Waals surface area contributed by atoms with Crippen molar-refractivity contribution in [2.45, 2.75) is 13.8 Å². The fourth-order valence-corrected chi connectivity index (χ4v) is 0.646. The molecule has 0 aliphatic carbocycles. The Labute approximate surface area is 73.8 Å². The first kappa shape index (κ1) is 10.2. The van der Waals surface area contributed by atoms with Gasteiger partial charge in [-0.1, -0.05) is 19.8 Å². The Bertz CT molecular complexity index is 158. The maximum Gasteiger partial charge on any atom is 0.167 e. The Kier molecular flexibility index (Phi) is 5.58. The van der Waals surface area contributed by atoms with Crippen LogP contribution in [0.2, 0.25) is 0 Å². The number of hydrogen-bond donors (Lipinski definition) is 2. The molecule has 0 spiro atoms. The topological polar surface area (TPSA) is 24.1 Å². The lowest BCUT2D eigenvalue weighted by atomic mass is 10.2. The first-order valence-corrected chi connectivity index (χ1v) is 4.02. The molecule has 0 unspecified atom stereocenters. The highest BCUT2D eigenvalue weighted by atomic mass is 32.1. The summed E-state index contributed by atoms with van der Waals surface area (Å²) in [5, 5.41) is 6.55. The number of nitrogens with one attached hydrogen (secondary N) is 2. The molecule has 0 aliphatic rings. The van der Waals surface area contributed by atoms with Gasteiger partial charge in [0, 0.05) is 6.54 Å². The molecule has 11 heavy (non-hydrogen) atoms. The highest BCUT2D eigenvalue weighted by Gasteiger charge is 1.94. The second-order valence-corrected chi connectivity index (χ2v) is 3.07. The Morgan fingerprint density at radius 1 is 1.55 bits per heavy atom. The van der Waals surface area contributed by atoms with E-state index in [-0.39, 0.29) is 0 Å². The summed E-state index contributed by atoms with van der Waals surface area (Å²) in [5.74, 6) is 3.05. The summed E-state index contributed by atoms with van der Waals surface area (Å²) < 4.78 is 0. The third-order valence-corrected chi connectivity index (χ3v) is 1.31. The van der Waals surface area contributed by atoms with Crippen LogP contribution in [0.3, 0.4) is 0 Å².